The SMILES string of the molecule is CCC1(CNC2CCc3c(F)cccc32)CCCC1. The smallest absolute Gasteiger partial charge is 0.126 e. The maximum Gasteiger partial charge on any atom is 0.126 e. The summed E-state index contributed by atoms with van der Waals surface area (Å²) in [5.41, 5.74) is 2.65. The largest absolute Gasteiger partial charge is 0.309 e. The van der Waals surface area contributed by atoms with E-state index in [2.05, 4.69) is 18.3 Å². The number of nitrogens with one attached hydrogen (secondary N) is 1. The van der Waals surface area contributed by atoms with Crippen LogP contribution in [-0.2, 0) is 6.42 Å². The molecule has 0 bridgehead atoms. The molecule has 0 amide bonds. The quantitative estimate of drug-likeness (QED) is 0.848. The predicted molar refractivity (Wildman–Crippen MR) is 76.7 cm³/mol. The average molecular weight is 261 g/mol. The fourth-order valence-corrected chi connectivity index (χ4v) is 3.94. The van der Waals surface area contributed by atoms with Gasteiger partial charge in [0.05, 0.1) is 0 Å². The highest BCUT2D eigenvalue weighted by Gasteiger charge is 2.33. The van der Waals surface area contributed by atoms with Crippen LogP contribution >= 0.6 is 0 Å². The van der Waals surface area contributed by atoms with Crippen LogP contribution in [0.25, 0.3) is 0 Å². The number of hydrogen-bond acceptors (Lipinski definition) is 1. The van der Waals surface area contributed by atoms with Gasteiger partial charge >= 0.3 is 0 Å². The van der Waals surface area contributed by atoms with Crippen LogP contribution < -0.4 is 5.32 Å². The van der Waals surface area contributed by atoms with Gasteiger partial charge in [0, 0.05) is 12.6 Å². The van der Waals surface area contributed by atoms with Crippen molar-refractivity contribution < 1.29 is 4.39 Å². The first-order chi connectivity index (χ1) is 9.24. The molecule has 104 valence electrons. The van der Waals surface area contributed by atoms with Gasteiger partial charge < -0.3 is 5.32 Å². The van der Waals surface area contributed by atoms with Crippen molar-refractivity contribution in [2.75, 3.05) is 6.54 Å². The van der Waals surface area contributed by atoms with Crippen molar-refractivity contribution in [1.29, 1.82) is 0 Å². The third kappa shape index (κ3) is 2.43. The van der Waals surface area contributed by atoms with Gasteiger partial charge in [-0.25, -0.2) is 4.39 Å². The first kappa shape index (κ1) is 13.1. The molecule has 1 aromatic carbocycles. The molecule has 0 heterocycles. The van der Waals surface area contributed by atoms with Crippen LogP contribution in [-0.4, -0.2) is 6.54 Å². The first-order valence-electron chi connectivity index (χ1n) is 7.75. The summed E-state index contributed by atoms with van der Waals surface area (Å²) in [7, 11) is 0. The fraction of sp³-hybridized carbons (Fsp3) is 0.647. The molecule has 1 fully saturated rings. The van der Waals surface area contributed by atoms with E-state index in [0.29, 0.717) is 11.5 Å². The lowest BCUT2D eigenvalue weighted by Crippen LogP contribution is -2.33. The Morgan fingerprint density at radius 3 is 2.84 bits per heavy atom. The topological polar surface area (TPSA) is 12.0 Å². The molecule has 0 spiro atoms. The van der Waals surface area contributed by atoms with E-state index in [0.717, 1.165) is 24.9 Å². The first-order valence-corrected chi connectivity index (χ1v) is 7.75. The minimum atomic E-state index is -0.0205. The summed E-state index contributed by atoms with van der Waals surface area (Å²) < 4.78 is 13.7. The molecule has 0 aromatic heterocycles. The molecule has 1 unspecified atom stereocenters. The second kappa shape index (κ2) is 5.24. The van der Waals surface area contributed by atoms with E-state index in [1.165, 1.54) is 37.7 Å². The maximum atomic E-state index is 13.7. The number of benzene rings is 1. The van der Waals surface area contributed by atoms with E-state index in [9.17, 15) is 4.39 Å². The van der Waals surface area contributed by atoms with Crippen LogP contribution in [0.1, 0.15) is 62.6 Å². The van der Waals surface area contributed by atoms with E-state index in [1.807, 2.05) is 6.07 Å². The minimum absolute atomic E-state index is 0.0205. The van der Waals surface area contributed by atoms with E-state index in [1.54, 1.807) is 6.07 Å². The van der Waals surface area contributed by atoms with Crippen molar-refractivity contribution in [2.24, 2.45) is 5.41 Å². The zero-order valence-electron chi connectivity index (χ0n) is 11.8. The highest BCUT2D eigenvalue weighted by Crippen LogP contribution is 2.41. The second-order valence-electron chi connectivity index (χ2n) is 6.34. The van der Waals surface area contributed by atoms with Gasteiger partial charge in [-0.2, -0.15) is 0 Å². The number of halogens is 1. The van der Waals surface area contributed by atoms with Crippen LogP contribution in [0.3, 0.4) is 0 Å². The molecule has 1 saturated carbocycles. The molecular weight excluding hydrogens is 237 g/mol. The van der Waals surface area contributed by atoms with Gasteiger partial charge in [0.1, 0.15) is 5.82 Å². The molecule has 1 atom stereocenters. The lowest BCUT2D eigenvalue weighted by atomic mass is 9.83. The molecular formula is C17H24FN. The lowest BCUT2D eigenvalue weighted by Gasteiger charge is -2.30. The van der Waals surface area contributed by atoms with E-state index in [-0.39, 0.29) is 5.82 Å². The Balaban J connectivity index is 1.68. The number of fused-ring (bicyclic) bond motifs is 1. The molecule has 0 saturated heterocycles. The van der Waals surface area contributed by atoms with Gasteiger partial charge in [-0.3, -0.25) is 0 Å². The van der Waals surface area contributed by atoms with Crippen molar-refractivity contribution in [3.8, 4) is 0 Å². The predicted octanol–water partition coefficient (Wildman–Crippen LogP) is 4.37. The highest BCUT2D eigenvalue weighted by molar-refractivity contribution is 5.35. The van der Waals surface area contributed by atoms with Crippen LogP contribution in [0.4, 0.5) is 4.39 Å². The molecule has 1 N–H and O–H groups in total. The second-order valence-corrected chi connectivity index (χ2v) is 6.34. The van der Waals surface area contributed by atoms with Gasteiger partial charge in [-0.1, -0.05) is 31.9 Å². The third-order valence-corrected chi connectivity index (χ3v) is 5.35. The van der Waals surface area contributed by atoms with Crippen LogP contribution in [0.15, 0.2) is 18.2 Å². The summed E-state index contributed by atoms with van der Waals surface area (Å²) in [6.07, 6.45) is 8.69. The average Bonchev–Trinajstić information content (AvgIpc) is 3.04. The van der Waals surface area contributed by atoms with Gasteiger partial charge in [-0.05, 0) is 54.7 Å². The van der Waals surface area contributed by atoms with Gasteiger partial charge in [0.15, 0.2) is 0 Å². The van der Waals surface area contributed by atoms with Crippen molar-refractivity contribution in [3.05, 3.63) is 35.1 Å². The molecule has 2 heteroatoms. The van der Waals surface area contributed by atoms with E-state index >= 15 is 0 Å². The summed E-state index contributed by atoms with van der Waals surface area (Å²) in [5, 5.41) is 3.73. The molecule has 2 aliphatic rings. The zero-order valence-corrected chi connectivity index (χ0v) is 11.8. The molecule has 2 aliphatic carbocycles. The van der Waals surface area contributed by atoms with E-state index < -0.39 is 0 Å². The monoisotopic (exact) mass is 261 g/mol. The van der Waals surface area contributed by atoms with Crippen molar-refractivity contribution in [3.63, 3.8) is 0 Å². The standard InChI is InChI=1S/C17H24FN/c1-2-17(10-3-4-11-17)12-19-16-9-8-13-14(16)6-5-7-15(13)18/h5-7,16,19H,2-4,8-12H2,1H3. The Bertz CT molecular complexity index is 449. The van der Waals surface area contributed by atoms with Crippen molar-refractivity contribution >= 4 is 0 Å². The molecule has 3 rings (SSSR count). The Hall–Kier alpha value is -0.890. The van der Waals surface area contributed by atoms with E-state index in [4.69, 9.17) is 0 Å². The maximum absolute atomic E-state index is 13.7. The Kier molecular flexibility index (Phi) is 3.62. The van der Waals surface area contributed by atoms with Gasteiger partial charge in [0.2, 0.25) is 0 Å². The minimum Gasteiger partial charge on any atom is -0.309 e. The van der Waals surface area contributed by atoms with Gasteiger partial charge in [0.25, 0.3) is 0 Å². The molecule has 1 aromatic rings. The fourth-order valence-electron chi connectivity index (χ4n) is 3.94. The molecule has 1 nitrogen and oxygen atoms in total. The number of hydrogen-bond donors (Lipinski definition) is 1. The highest BCUT2D eigenvalue weighted by atomic mass is 19.1. The van der Waals surface area contributed by atoms with Crippen LogP contribution in [0.5, 0.6) is 0 Å². The summed E-state index contributed by atoms with van der Waals surface area (Å²) in [6, 6.07) is 5.90. The Morgan fingerprint density at radius 1 is 1.32 bits per heavy atom. The normalized spacial score (nSPS) is 24.6. The van der Waals surface area contributed by atoms with Gasteiger partial charge in [-0.15, -0.1) is 0 Å². The summed E-state index contributed by atoms with van der Waals surface area (Å²) in [5.74, 6) is -0.0205. The summed E-state index contributed by atoms with van der Waals surface area (Å²) >= 11 is 0. The Morgan fingerprint density at radius 2 is 2.11 bits per heavy atom. The third-order valence-electron chi connectivity index (χ3n) is 5.35. The molecule has 0 aliphatic heterocycles. The lowest BCUT2D eigenvalue weighted by molar-refractivity contribution is 0.255. The number of rotatable bonds is 4. The Labute approximate surface area is 115 Å². The van der Waals surface area contributed by atoms with Crippen molar-refractivity contribution in [1.82, 2.24) is 5.32 Å². The molecule has 19 heavy (non-hydrogen) atoms. The van der Waals surface area contributed by atoms with Crippen LogP contribution in [0.2, 0.25) is 0 Å². The van der Waals surface area contributed by atoms with Crippen LogP contribution in [0, 0.1) is 11.2 Å². The summed E-state index contributed by atoms with van der Waals surface area (Å²) in [4.78, 5) is 0. The zero-order chi connectivity index (χ0) is 13.3. The summed E-state index contributed by atoms with van der Waals surface area (Å²) in [6.45, 7) is 3.42. The van der Waals surface area contributed by atoms with Crippen molar-refractivity contribution in [2.45, 2.75) is 57.9 Å². The molecule has 0 radical (unpaired) electrons.